The van der Waals surface area contributed by atoms with E-state index >= 15 is 0 Å². The van der Waals surface area contributed by atoms with Crippen LogP contribution in [0.2, 0.25) is 0 Å². The zero-order valence-corrected chi connectivity index (χ0v) is 8.51. The summed E-state index contributed by atoms with van der Waals surface area (Å²) in [5.41, 5.74) is 0.0571. The maximum absolute atomic E-state index is 6.08. The molecular formula is C10H19NO2. The van der Waals surface area contributed by atoms with E-state index in [0.717, 1.165) is 19.6 Å². The van der Waals surface area contributed by atoms with Gasteiger partial charge in [-0.3, -0.25) is 0 Å². The summed E-state index contributed by atoms with van der Waals surface area (Å²) in [4.78, 5) is 0. The van der Waals surface area contributed by atoms with Crippen LogP contribution < -0.4 is 5.32 Å². The first-order chi connectivity index (χ1) is 6.27. The molecule has 2 aliphatic heterocycles. The van der Waals surface area contributed by atoms with Crippen LogP contribution in [0.4, 0.5) is 0 Å². The van der Waals surface area contributed by atoms with Crippen LogP contribution in [0.1, 0.15) is 26.2 Å². The number of nitrogens with one attached hydrogen (secondary N) is 1. The molecule has 0 radical (unpaired) electrons. The molecule has 2 fully saturated rings. The average Bonchev–Trinajstić information content (AvgIpc) is 2.64. The van der Waals surface area contributed by atoms with E-state index < -0.39 is 0 Å². The third kappa shape index (κ3) is 1.60. The topological polar surface area (TPSA) is 30.5 Å². The number of rotatable bonds is 2. The molecule has 1 N–H and O–H groups in total. The van der Waals surface area contributed by atoms with Gasteiger partial charge in [0.25, 0.3) is 0 Å². The SMILES string of the molecule is CNCC1CCC2(CCOC2C)O1. The lowest BCUT2D eigenvalue weighted by Crippen LogP contribution is -2.37. The number of likely N-dealkylation sites (N-methyl/N-ethyl adjacent to an activating group) is 1. The molecule has 3 heteroatoms. The molecule has 2 aliphatic rings. The Hall–Kier alpha value is -0.120. The van der Waals surface area contributed by atoms with Crippen LogP contribution in [0.15, 0.2) is 0 Å². The molecule has 2 heterocycles. The van der Waals surface area contributed by atoms with Crippen LogP contribution in [0, 0.1) is 0 Å². The second-order valence-electron chi connectivity index (χ2n) is 4.16. The minimum Gasteiger partial charge on any atom is -0.375 e. The van der Waals surface area contributed by atoms with Gasteiger partial charge in [0.15, 0.2) is 0 Å². The Kier molecular flexibility index (Phi) is 2.58. The molecule has 76 valence electrons. The highest BCUT2D eigenvalue weighted by Gasteiger charge is 2.47. The second kappa shape index (κ2) is 3.56. The standard InChI is InChI=1S/C10H19NO2/c1-8-10(5-6-12-8)4-3-9(13-10)7-11-2/h8-9,11H,3-7H2,1-2H3. The lowest BCUT2D eigenvalue weighted by atomic mass is 9.93. The third-order valence-electron chi connectivity index (χ3n) is 3.36. The maximum atomic E-state index is 6.08. The second-order valence-corrected chi connectivity index (χ2v) is 4.16. The van der Waals surface area contributed by atoms with Gasteiger partial charge in [0.1, 0.15) is 0 Å². The van der Waals surface area contributed by atoms with Gasteiger partial charge in [-0.1, -0.05) is 0 Å². The van der Waals surface area contributed by atoms with Crippen LogP contribution in [0.3, 0.4) is 0 Å². The molecule has 0 bridgehead atoms. The number of hydrogen-bond acceptors (Lipinski definition) is 3. The molecular weight excluding hydrogens is 166 g/mol. The molecule has 0 amide bonds. The molecule has 0 aromatic heterocycles. The Bertz CT molecular complexity index is 186. The fourth-order valence-electron chi connectivity index (χ4n) is 2.47. The highest BCUT2D eigenvalue weighted by molar-refractivity contribution is 4.97. The summed E-state index contributed by atoms with van der Waals surface area (Å²) in [5, 5.41) is 3.17. The fraction of sp³-hybridized carbons (Fsp3) is 1.00. The van der Waals surface area contributed by atoms with Crippen LogP contribution in [-0.4, -0.2) is 38.0 Å². The fourth-order valence-corrected chi connectivity index (χ4v) is 2.47. The van der Waals surface area contributed by atoms with Gasteiger partial charge < -0.3 is 14.8 Å². The zero-order valence-electron chi connectivity index (χ0n) is 8.51. The monoisotopic (exact) mass is 185 g/mol. The molecule has 0 aliphatic carbocycles. The Labute approximate surface area is 79.8 Å². The average molecular weight is 185 g/mol. The van der Waals surface area contributed by atoms with Crippen molar-refractivity contribution >= 4 is 0 Å². The van der Waals surface area contributed by atoms with Crippen molar-refractivity contribution in [1.82, 2.24) is 5.32 Å². The lowest BCUT2D eigenvalue weighted by Gasteiger charge is -2.27. The molecule has 0 aromatic carbocycles. The van der Waals surface area contributed by atoms with Gasteiger partial charge in [-0.15, -0.1) is 0 Å². The predicted octanol–water partition coefficient (Wildman–Crippen LogP) is 0.932. The molecule has 13 heavy (non-hydrogen) atoms. The largest absolute Gasteiger partial charge is 0.375 e. The van der Waals surface area contributed by atoms with Gasteiger partial charge in [0.05, 0.1) is 17.8 Å². The summed E-state index contributed by atoms with van der Waals surface area (Å²) in [6.45, 7) is 3.97. The minimum atomic E-state index is 0.0571. The van der Waals surface area contributed by atoms with E-state index in [1.165, 1.54) is 12.8 Å². The van der Waals surface area contributed by atoms with Crippen LogP contribution in [0.5, 0.6) is 0 Å². The van der Waals surface area contributed by atoms with Crippen molar-refractivity contribution in [2.24, 2.45) is 0 Å². The third-order valence-corrected chi connectivity index (χ3v) is 3.36. The molecule has 0 saturated carbocycles. The van der Waals surface area contributed by atoms with Crippen molar-refractivity contribution in [3.8, 4) is 0 Å². The first-order valence-corrected chi connectivity index (χ1v) is 5.21. The van der Waals surface area contributed by atoms with Gasteiger partial charge in [-0.05, 0) is 26.8 Å². The van der Waals surface area contributed by atoms with Gasteiger partial charge in [-0.2, -0.15) is 0 Å². The van der Waals surface area contributed by atoms with Crippen LogP contribution >= 0.6 is 0 Å². The van der Waals surface area contributed by atoms with E-state index in [4.69, 9.17) is 9.47 Å². The molecule has 3 nitrogen and oxygen atoms in total. The summed E-state index contributed by atoms with van der Waals surface area (Å²) in [5.74, 6) is 0. The van der Waals surface area contributed by atoms with E-state index in [9.17, 15) is 0 Å². The Morgan fingerprint density at radius 3 is 2.92 bits per heavy atom. The van der Waals surface area contributed by atoms with E-state index in [1.807, 2.05) is 7.05 Å². The van der Waals surface area contributed by atoms with Crippen molar-refractivity contribution in [3.63, 3.8) is 0 Å². The van der Waals surface area contributed by atoms with Crippen molar-refractivity contribution in [1.29, 1.82) is 0 Å². The van der Waals surface area contributed by atoms with Gasteiger partial charge in [-0.25, -0.2) is 0 Å². The predicted molar refractivity (Wildman–Crippen MR) is 50.8 cm³/mol. The molecule has 1 spiro atoms. The Morgan fingerprint density at radius 2 is 2.31 bits per heavy atom. The molecule has 0 aromatic rings. The summed E-state index contributed by atoms with van der Waals surface area (Å²) >= 11 is 0. The maximum Gasteiger partial charge on any atom is 0.0967 e. The molecule has 2 rings (SSSR count). The summed E-state index contributed by atoms with van der Waals surface area (Å²) < 4.78 is 11.6. The zero-order chi connectivity index (χ0) is 9.31. The summed E-state index contributed by atoms with van der Waals surface area (Å²) in [7, 11) is 1.98. The number of ether oxygens (including phenoxy) is 2. The Morgan fingerprint density at radius 1 is 1.46 bits per heavy atom. The summed E-state index contributed by atoms with van der Waals surface area (Å²) in [6, 6.07) is 0. The van der Waals surface area contributed by atoms with E-state index in [2.05, 4.69) is 12.2 Å². The van der Waals surface area contributed by atoms with Gasteiger partial charge >= 0.3 is 0 Å². The number of hydrogen-bond donors (Lipinski definition) is 1. The lowest BCUT2D eigenvalue weighted by molar-refractivity contribution is -0.0768. The molecule has 3 unspecified atom stereocenters. The van der Waals surface area contributed by atoms with Gasteiger partial charge in [0, 0.05) is 19.6 Å². The minimum absolute atomic E-state index is 0.0571. The highest BCUT2D eigenvalue weighted by Crippen LogP contribution is 2.40. The highest BCUT2D eigenvalue weighted by atomic mass is 16.6. The van der Waals surface area contributed by atoms with Crippen LogP contribution in [0.25, 0.3) is 0 Å². The molecule has 3 atom stereocenters. The van der Waals surface area contributed by atoms with E-state index in [1.54, 1.807) is 0 Å². The normalized spacial score (nSPS) is 44.8. The first-order valence-electron chi connectivity index (χ1n) is 5.21. The van der Waals surface area contributed by atoms with Gasteiger partial charge in [0.2, 0.25) is 0 Å². The van der Waals surface area contributed by atoms with Crippen molar-refractivity contribution in [3.05, 3.63) is 0 Å². The summed E-state index contributed by atoms with van der Waals surface area (Å²) in [6.07, 6.45) is 4.10. The van der Waals surface area contributed by atoms with E-state index in [-0.39, 0.29) is 11.7 Å². The molecule has 2 saturated heterocycles. The van der Waals surface area contributed by atoms with Crippen molar-refractivity contribution < 1.29 is 9.47 Å². The van der Waals surface area contributed by atoms with Crippen LogP contribution in [-0.2, 0) is 9.47 Å². The smallest absolute Gasteiger partial charge is 0.0967 e. The van der Waals surface area contributed by atoms with Crippen molar-refractivity contribution in [2.45, 2.75) is 44.0 Å². The quantitative estimate of drug-likeness (QED) is 0.694. The first kappa shape index (κ1) is 9.44. The van der Waals surface area contributed by atoms with E-state index in [0.29, 0.717) is 6.10 Å². The Balaban J connectivity index is 1.95. The van der Waals surface area contributed by atoms with Crippen molar-refractivity contribution in [2.75, 3.05) is 20.2 Å².